The summed E-state index contributed by atoms with van der Waals surface area (Å²) in [6, 6.07) is 7.28. The molecule has 1 aliphatic rings. The number of nitrogens with zero attached hydrogens (tertiary/aromatic N) is 2. The van der Waals surface area contributed by atoms with E-state index in [1.54, 1.807) is 12.1 Å². The van der Waals surface area contributed by atoms with Crippen LogP contribution in [-0.4, -0.2) is 57.7 Å². The number of piperazine rings is 1. The lowest BCUT2D eigenvalue weighted by molar-refractivity contribution is 0.0499. The highest BCUT2D eigenvalue weighted by atomic mass is 32.2. The summed E-state index contributed by atoms with van der Waals surface area (Å²) in [6.45, 7) is 4.76. The van der Waals surface area contributed by atoms with E-state index in [2.05, 4.69) is 4.90 Å². The maximum atomic E-state index is 11.9. The molecule has 1 fully saturated rings. The number of hydrogen-bond acceptors (Lipinski definition) is 5. The van der Waals surface area contributed by atoms with E-state index >= 15 is 0 Å². The van der Waals surface area contributed by atoms with Crippen molar-refractivity contribution in [2.75, 3.05) is 43.9 Å². The Kier molecular flexibility index (Phi) is 6.01. The molecule has 1 aromatic rings. The summed E-state index contributed by atoms with van der Waals surface area (Å²) < 4.78 is 29.7. The molecule has 1 saturated heterocycles. The molecule has 0 radical (unpaired) electrons. The fourth-order valence-corrected chi connectivity index (χ4v) is 3.31. The van der Waals surface area contributed by atoms with Crippen molar-refractivity contribution in [2.45, 2.75) is 19.8 Å². The quantitative estimate of drug-likeness (QED) is 0.583. The van der Waals surface area contributed by atoms with Crippen molar-refractivity contribution in [2.24, 2.45) is 0 Å². The van der Waals surface area contributed by atoms with Crippen LogP contribution >= 0.6 is 0 Å². The predicted molar refractivity (Wildman–Crippen MR) is 90.3 cm³/mol. The SMILES string of the molecule is CCCCOC(=O)c1ccc(N2CCN(S(C)(=O)=O)CC2)cc1. The summed E-state index contributed by atoms with van der Waals surface area (Å²) in [4.78, 5) is 14.0. The van der Waals surface area contributed by atoms with E-state index < -0.39 is 10.0 Å². The van der Waals surface area contributed by atoms with E-state index in [0.29, 0.717) is 38.3 Å². The van der Waals surface area contributed by atoms with Crippen LogP contribution in [0.5, 0.6) is 0 Å². The minimum atomic E-state index is -3.12. The summed E-state index contributed by atoms with van der Waals surface area (Å²) in [6.07, 6.45) is 3.10. The average Bonchev–Trinajstić information content (AvgIpc) is 2.54. The van der Waals surface area contributed by atoms with E-state index in [0.717, 1.165) is 18.5 Å². The number of carbonyl (C=O) groups excluding carboxylic acids is 1. The summed E-state index contributed by atoms with van der Waals surface area (Å²) in [5.41, 5.74) is 1.53. The van der Waals surface area contributed by atoms with Gasteiger partial charge in [-0.05, 0) is 30.7 Å². The first kappa shape index (κ1) is 17.7. The number of ether oxygens (including phenoxy) is 1. The van der Waals surface area contributed by atoms with Crippen LogP contribution in [-0.2, 0) is 14.8 Å². The molecule has 0 aromatic heterocycles. The number of benzene rings is 1. The lowest BCUT2D eigenvalue weighted by atomic mass is 10.2. The Hall–Kier alpha value is -1.60. The van der Waals surface area contributed by atoms with Gasteiger partial charge < -0.3 is 9.64 Å². The molecule has 1 heterocycles. The Morgan fingerprint density at radius 2 is 1.74 bits per heavy atom. The summed E-state index contributed by atoms with van der Waals surface area (Å²) in [5, 5.41) is 0. The summed E-state index contributed by atoms with van der Waals surface area (Å²) >= 11 is 0. The fraction of sp³-hybridized carbons (Fsp3) is 0.562. The second kappa shape index (κ2) is 7.79. The third-order valence-corrected chi connectivity index (χ3v) is 5.21. The van der Waals surface area contributed by atoms with Crippen molar-refractivity contribution in [1.29, 1.82) is 0 Å². The van der Waals surface area contributed by atoms with Crippen molar-refractivity contribution < 1.29 is 17.9 Å². The molecule has 0 unspecified atom stereocenters. The van der Waals surface area contributed by atoms with Crippen LogP contribution in [0.4, 0.5) is 5.69 Å². The topological polar surface area (TPSA) is 66.9 Å². The minimum absolute atomic E-state index is 0.299. The fourth-order valence-electron chi connectivity index (χ4n) is 2.48. The zero-order chi connectivity index (χ0) is 16.9. The Morgan fingerprint density at radius 1 is 1.13 bits per heavy atom. The molecule has 0 bridgehead atoms. The van der Waals surface area contributed by atoms with Gasteiger partial charge in [0, 0.05) is 31.9 Å². The van der Waals surface area contributed by atoms with Gasteiger partial charge in [-0.1, -0.05) is 13.3 Å². The van der Waals surface area contributed by atoms with Gasteiger partial charge in [0.15, 0.2) is 0 Å². The van der Waals surface area contributed by atoms with Gasteiger partial charge in [-0.2, -0.15) is 4.31 Å². The zero-order valence-electron chi connectivity index (χ0n) is 13.7. The minimum Gasteiger partial charge on any atom is -0.462 e. The first-order chi connectivity index (χ1) is 10.9. The molecule has 1 aromatic carbocycles. The van der Waals surface area contributed by atoms with Crippen LogP contribution in [0.15, 0.2) is 24.3 Å². The molecule has 0 aliphatic carbocycles. The molecule has 0 saturated carbocycles. The van der Waals surface area contributed by atoms with E-state index in [4.69, 9.17) is 4.74 Å². The smallest absolute Gasteiger partial charge is 0.338 e. The van der Waals surface area contributed by atoms with E-state index in [9.17, 15) is 13.2 Å². The second-order valence-corrected chi connectivity index (χ2v) is 7.67. The number of carbonyl (C=O) groups is 1. The van der Waals surface area contributed by atoms with Crippen molar-refractivity contribution in [1.82, 2.24) is 4.31 Å². The zero-order valence-corrected chi connectivity index (χ0v) is 14.5. The highest BCUT2D eigenvalue weighted by Crippen LogP contribution is 2.18. The Labute approximate surface area is 138 Å². The van der Waals surface area contributed by atoms with Crippen molar-refractivity contribution >= 4 is 21.7 Å². The van der Waals surface area contributed by atoms with Crippen LogP contribution in [0, 0.1) is 0 Å². The van der Waals surface area contributed by atoms with Crippen molar-refractivity contribution in [3.8, 4) is 0 Å². The first-order valence-corrected chi connectivity index (χ1v) is 9.74. The Balaban J connectivity index is 1.92. The van der Waals surface area contributed by atoms with Gasteiger partial charge in [0.05, 0.1) is 18.4 Å². The van der Waals surface area contributed by atoms with Crippen LogP contribution in [0.3, 0.4) is 0 Å². The van der Waals surface area contributed by atoms with E-state index in [1.807, 2.05) is 19.1 Å². The monoisotopic (exact) mass is 340 g/mol. The third-order valence-electron chi connectivity index (χ3n) is 3.91. The molecule has 0 N–H and O–H groups in total. The second-order valence-electron chi connectivity index (χ2n) is 5.69. The highest BCUT2D eigenvalue weighted by Gasteiger charge is 2.23. The lowest BCUT2D eigenvalue weighted by Crippen LogP contribution is -2.48. The normalized spacial score (nSPS) is 16.3. The van der Waals surface area contributed by atoms with Gasteiger partial charge in [0.25, 0.3) is 0 Å². The molecule has 0 spiro atoms. The van der Waals surface area contributed by atoms with Crippen LogP contribution in [0.1, 0.15) is 30.1 Å². The molecule has 6 nitrogen and oxygen atoms in total. The molecule has 2 rings (SSSR count). The maximum absolute atomic E-state index is 11.9. The van der Waals surface area contributed by atoms with Crippen LogP contribution < -0.4 is 4.90 Å². The number of unbranched alkanes of at least 4 members (excludes halogenated alkanes) is 1. The molecule has 0 amide bonds. The molecule has 7 heteroatoms. The average molecular weight is 340 g/mol. The van der Waals surface area contributed by atoms with Crippen molar-refractivity contribution in [3.63, 3.8) is 0 Å². The van der Waals surface area contributed by atoms with Gasteiger partial charge in [-0.3, -0.25) is 0 Å². The third kappa shape index (κ3) is 4.94. The van der Waals surface area contributed by atoms with Gasteiger partial charge in [0.2, 0.25) is 10.0 Å². The highest BCUT2D eigenvalue weighted by molar-refractivity contribution is 7.88. The lowest BCUT2D eigenvalue weighted by Gasteiger charge is -2.34. The largest absolute Gasteiger partial charge is 0.462 e. The Bertz CT molecular complexity index is 620. The number of sulfonamides is 1. The molecular formula is C16H24N2O4S. The molecular weight excluding hydrogens is 316 g/mol. The first-order valence-electron chi connectivity index (χ1n) is 7.89. The van der Waals surface area contributed by atoms with Crippen LogP contribution in [0.25, 0.3) is 0 Å². The number of rotatable bonds is 6. The van der Waals surface area contributed by atoms with Crippen molar-refractivity contribution in [3.05, 3.63) is 29.8 Å². The maximum Gasteiger partial charge on any atom is 0.338 e. The molecule has 0 atom stereocenters. The van der Waals surface area contributed by atoms with E-state index in [-0.39, 0.29) is 5.97 Å². The predicted octanol–water partition coefficient (Wildman–Crippen LogP) is 1.73. The standard InChI is InChI=1S/C16H24N2O4S/c1-3-4-13-22-16(19)14-5-7-15(8-6-14)17-9-11-18(12-10-17)23(2,20)21/h5-8H,3-4,9-13H2,1-2H3. The van der Waals surface area contributed by atoms with Crippen LogP contribution in [0.2, 0.25) is 0 Å². The van der Waals surface area contributed by atoms with Gasteiger partial charge >= 0.3 is 5.97 Å². The van der Waals surface area contributed by atoms with Gasteiger partial charge in [-0.25, -0.2) is 13.2 Å². The molecule has 23 heavy (non-hydrogen) atoms. The molecule has 128 valence electrons. The van der Waals surface area contributed by atoms with Gasteiger partial charge in [0.1, 0.15) is 0 Å². The number of esters is 1. The van der Waals surface area contributed by atoms with E-state index in [1.165, 1.54) is 10.6 Å². The number of hydrogen-bond donors (Lipinski definition) is 0. The summed E-state index contributed by atoms with van der Waals surface area (Å²) in [5.74, 6) is -0.299. The summed E-state index contributed by atoms with van der Waals surface area (Å²) in [7, 11) is -3.12. The molecule has 1 aliphatic heterocycles. The number of anilines is 1. The Morgan fingerprint density at radius 3 is 2.26 bits per heavy atom. The van der Waals surface area contributed by atoms with Gasteiger partial charge in [-0.15, -0.1) is 0 Å².